The second-order valence-corrected chi connectivity index (χ2v) is 16.2. The van der Waals surface area contributed by atoms with Crippen LogP contribution in [0.25, 0.3) is 0 Å². The molecule has 266 valence electrons. The van der Waals surface area contributed by atoms with Crippen molar-refractivity contribution in [2.24, 2.45) is 5.92 Å². The number of carbonyl (C=O) groups is 3. The molecule has 6 aromatic carbocycles. The molecule has 1 fully saturated rings. The third kappa shape index (κ3) is 4.89. The highest BCUT2D eigenvalue weighted by Gasteiger charge is 2.82. The molecule has 0 radical (unpaired) electrons. The van der Waals surface area contributed by atoms with Crippen LogP contribution >= 0.6 is 31.9 Å². The van der Waals surface area contributed by atoms with Crippen LogP contribution in [-0.2, 0) is 39.1 Å². The molecular weight excluding hydrogens is 804 g/mol. The fourth-order valence-corrected chi connectivity index (χ4v) is 10.0. The predicted octanol–water partition coefficient (Wildman–Crippen LogP) is 9.27. The summed E-state index contributed by atoms with van der Waals surface area (Å²) in [5.74, 6) is -2.46. The minimum Gasteiger partial charge on any atom is -0.384 e. The number of anilines is 2. The molecule has 9 rings (SSSR count). The van der Waals surface area contributed by atoms with Crippen LogP contribution in [0.4, 0.5) is 11.4 Å². The standard InChI is InChI=1S/C46H34Br2N2O4/c47-34-23-19-32(20-24-34)40(51)41-44(36-15-7-9-17-38(36)49(42(44)52)27-30-11-3-1-4-12-30)29-45(54,33-21-25-35(48)26-22-33)46(41)37-16-8-10-18-39(37)50(43(46)53)28-31-13-5-2-6-14-31/h1-26,41,54H,27-29H2/t41-,44-,45+,46+/m1/s1. The number of Topliss-reactive ketones (excluding diaryl/α,β-unsaturated/α-hetero) is 1. The number of amides is 2. The van der Waals surface area contributed by atoms with Crippen LogP contribution < -0.4 is 9.80 Å². The van der Waals surface area contributed by atoms with Gasteiger partial charge in [-0.05, 0) is 64.2 Å². The Morgan fingerprint density at radius 2 is 1.06 bits per heavy atom. The van der Waals surface area contributed by atoms with Gasteiger partial charge in [0.25, 0.3) is 0 Å². The van der Waals surface area contributed by atoms with Crippen LogP contribution in [0, 0.1) is 5.92 Å². The summed E-state index contributed by atoms with van der Waals surface area (Å²) in [7, 11) is 0. The largest absolute Gasteiger partial charge is 0.384 e. The van der Waals surface area contributed by atoms with Crippen LogP contribution in [0.2, 0.25) is 0 Å². The lowest BCUT2D eigenvalue weighted by Gasteiger charge is -2.42. The van der Waals surface area contributed by atoms with Gasteiger partial charge < -0.3 is 14.9 Å². The Morgan fingerprint density at radius 3 is 1.63 bits per heavy atom. The van der Waals surface area contributed by atoms with Crippen molar-refractivity contribution >= 4 is 60.8 Å². The van der Waals surface area contributed by atoms with Crippen molar-refractivity contribution in [1.29, 1.82) is 0 Å². The molecule has 2 amide bonds. The molecule has 0 saturated heterocycles. The number of hydrogen-bond acceptors (Lipinski definition) is 4. The maximum atomic E-state index is 16.1. The molecule has 2 heterocycles. The van der Waals surface area contributed by atoms with E-state index in [0.29, 0.717) is 33.6 Å². The number of carbonyl (C=O) groups excluding carboxylic acids is 3. The minimum atomic E-state index is -2.02. The van der Waals surface area contributed by atoms with Gasteiger partial charge in [-0.3, -0.25) is 14.4 Å². The zero-order valence-corrected chi connectivity index (χ0v) is 32.2. The molecule has 0 unspecified atom stereocenters. The quantitative estimate of drug-likeness (QED) is 0.163. The van der Waals surface area contributed by atoms with Crippen molar-refractivity contribution in [3.05, 3.63) is 200 Å². The normalized spacial score (nSPS) is 24.0. The van der Waals surface area contributed by atoms with E-state index in [0.717, 1.165) is 20.1 Å². The first-order valence-electron chi connectivity index (χ1n) is 17.9. The van der Waals surface area contributed by atoms with E-state index in [1.807, 2.05) is 121 Å². The maximum Gasteiger partial charge on any atom is 0.242 e. The van der Waals surface area contributed by atoms with Gasteiger partial charge in [0, 0.05) is 32.3 Å². The van der Waals surface area contributed by atoms with E-state index in [4.69, 9.17) is 0 Å². The van der Waals surface area contributed by atoms with Gasteiger partial charge in [0.2, 0.25) is 11.8 Å². The van der Waals surface area contributed by atoms with Gasteiger partial charge in [0.1, 0.15) is 11.0 Å². The van der Waals surface area contributed by atoms with E-state index in [1.54, 1.807) is 46.2 Å². The number of nitrogens with zero attached hydrogens (tertiary/aromatic N) is 2. The number of ketones is 1. The molecule has 4 atom stereocenters. The number of benzene rings is 6. The van der Waals surface area contributed by atoms with Crippen molar-refractivity contribution < 1.29 is 19.5 Å². The third-order valence-corrected chi connectivity index (χ3v) is 12.8. The summed E-state index contributed by atoms with van der Waals surface area (Å²) in [6.45, 7) is 0.470. The maximum absolute atomic E-state index is 16.1. The molecule has 1 saturated carbocycles. The average molecular weight is 839 g/mol. The van der Waals surface area contributed by atoms with Crippen LogP contribution in [0.15, 0.2) is 167 Å². The van der Waals surface area contributed by atoms with Crippen molar-refractivity contribution in [2.75, 3.05) is 9.80 Å². The lowest BCUT2D eigenvalue weighted by Crippen LogP contribution is -2.59. The topological polar surface area (TPSA) is 77.9 Å². The smallest absolute Gasteiger partial charge is 0.242 e. The number of rotatable bonds is 7. The Kier molecular flexibility index (Phi) is 8.34. The zero-order chi connectivity index (χ0) is 37.2. The molecule has 1 N–H and O–H groups in total. The average Bonchev–Trinajstić information content (AvgIpc) is 3.70. The lowest BCUT2D eigenvalue weighted by molar-refractivity contribution is -0.135. The van der Waals surface area contributed by atoms with Crippen molar-refractivity contribution in [1.82, 2.24) is 0 Å². The molecule has 6 aromatic rings. The van der Waals surface area contributed by atoms with E-state index >= 15 is 14.4 Å². The van der Waals surface area contributed by atoms with Gasteiger partial charge >= 0.3 is 0 Å². The zero-order valence-electron chi connectivity index (χ0n) is 29.0. The molecule has 2 aliphatic heterocycles. The van der Waals surface area contributed by atoms with Gasteiger partial charge in [-0.15, -0.1) is 0 Å². The first-order valence-corrected chi connectivity index (χ1v) is 19.5. The molecule has 8 heteroatoms. The summed E-state index contributed by atoms with van der Waals surface area (Å²) in [6, 6.07) is 48.8. The van der Waals surface area contributed by atoms with Crippen LogP contribution in [-0.4, -0.2) is 22.7 Å². The van der Waals surface area contributed by atoms with Crippen LogP contribution in [0.1, 0.15) is 44.6 Å². The molecule has 3 aliphatic rings. The fraction of sp³-hybridized carbons (Fsp3) is 0.152. The predicted molar refractivity (Wildman–Crippen MR) is 216 cm³/mol. The number of fused-ring (bicyclic) bond motifs is 4. The molecular formula is C46H34Br2N2O4. The highest BCUT2D eigenvalue weighted by Crippen LogP contribution is 2.72. The van der Waals surface area contributed by atoms with E-state index in [9.17, 15) is 5.11 Å². The highest BCUT2D eigenvalue weighted by molar-refractivity contribution is 9.10. The Balaban J connectivity index is 1.37. The summed E-state index contributed by atoms with van der Waals surface area (Å²) in [5, 5.41) is 14.0. The molecule has 0 aromatic heterocycles. The molecule has 2 spiro atoms. The Labute approximate surface area is 330 Å². The Morgan fingerprint density at radius 1 is 0.593 bits per heavy atom. The molecule has 54 heavy (non-hydrogen) atoms. The first-order chi connectivity index (χ1) is 26.2. The lowest BCUT2D eigenvalue weighted by atomic mass is 9.58. The van der Waals surface area contributed by atoms with Crippen LogP contribution in [0.3, 0.4) is 0 Å². The van der Waals surface area contributed by atoms with E-state index < -0.39 is 28.3 Å². The monoisotopic (exact) mass is 836 g/mol. The van der Waals surface area contributed by atoms with Gasteiger partial charge in [-0.2, -0.15) is 0 Å². The first kappa shape index (κ1) is 34.6. The summed E-state index contributed by atoms with van der Waals surface area (Å²) in [5.41, 5.74) is -0.546. The summed E-state index contributed by atoms with van der Waals surface area (Å²) >= 11 is 7.07. The van der Waals surface area contributed by atoms with Gasteiger partial charge in [0.05, 0.1) is 24.4 Å². The minimum absolute atomic E-state index is 0.199. The van der Waals surface area contributed by atoms with Crippen molar-refractivity contribution in [3.8, 4) is 0 Å². The molecule has 0 bridgehead atoms. The molecule has 1 aliphatic carbocycles. The van der Waals surface area contributed by atoms with Crippen LogP contribution in [0.5, 0.6) is 0 Å². The summed E-state index contributed by atoms with van der Waals surface area (Å²) in [6.07, 6.45) is -0.199. The number of aliphatic hydroxyl groups is 1. The Bertz CT molecular complexity index is 2440. The Hall–Kier alpha value is -5.15. The van der Waals surface area contributed by atoms with Gasteiger partial charge in [-0.1, -0.05) is 153 Å². The number of para-hydroxylation sites is 2. The number of hydrogen-bond donors (Lipinski definition) is 1. The van der Waals surface area contributed by atoms with Gasteiger partial charge in [-0.25, -0.2) is 0 Å². The number of halogens is 2. The second-order valence-electron chi connectivity index (χ2n) is 14.4. The SMILES string of the molecule is O=C(c1ccc(Br)cc1)[C@H]1[C@@]2(C(=O)N(Cc3ccccc3)c3ccccc32)[C@@](O)(c2ccc(Br)cc2)C[C@]12C(=O)N(Cc1ccccc1)c1ccccc12. The van der Waals surface area contributed by atoms with E-state index in [-0.39, 0.29) is 31.2 Å². The molecule has 6 nitrogen and oxygen atoms in total. The summed E-state index contributed by atoms with van der Waals surface area (Å²) in [4.78, 5) is 51.1. The van der Waals surface area contributed by atoms with Crippen molar-refractivity contribution in [2.45, 2.75) is 35.9 Å². The fourth-order valence-electron chi connectivity index (χ4n) is 9.52. The van der Waals surface area contributed by atoms with E-state index in [1.165, 1.54) is 0 Å². The second kappa shape index (κ2) is 13.0. The van der Waals surface area contributed by atoms with E-state index in [2.05, 4.69) is 31.9 Å². The summed E-state index contributed by atoms with van der Waals surface area (Å²) < 4.78 is 1.58. The van der Waals surface area contributed by atoms with Crippen molar-refractivity contribution in [3.63, 3.8) is 0 Å². The third-order valence-electron chi connectivity index (χ3n) is 11.7. The highest BCUT2D eigenvalue weighted by atomic mass is 79.9. The van der Waals surface area contributed by atoms with Gasteiger partial charge in [0.15, 0.2) is 5.78 Å².